The second kappa shape index (κ2) is 4.30. The number of aryl methyl sites for hydroxylation is 1. The zero-order valence-corrected chi connectivity index (χ0v) is 10.5. The molecule has 4 nitrogen and oxygen atoms in total. The summed E-state index contributed by atoms with van der Waals surface area (Å²) >= 11 is 1.70. The van der Waals surface area contributed by atoms with Gasteiger partial charge in [-0.1, -0.05) is 18.3 Å². The van der Waals surface area contributed by atoms with Gasteiger partial charge < -0.3 is 10.2 Å². The molecule has 0 spiro atoms. The first-order valence-corrected chi connectivity index (χ1v) is 6.98. The average molecular weight is 238 g/mol. The first-order valence-electron chi connectivity index (χ1n) is 6.16. The standard InChI is InChI=1S/C11H18N4S/c1-2-10-13-14-11(16-10)12-9-7-15-5-3-8(9)4-6-15/h8-9H,2-7H2,1H3,(H,12,14). The van der Waals surface area contributed by atoms with Crippen molar-refractivity contribution < 1.29 is 0 Å². The molecule has 0 aromatic carbocycles. The van der Waals surface area contributed by atoms with E-state index in [0.29, 0.717) is 6.04 Å². The van der Waals surface area contributed by atoms with Crippen molar-refractivity contribution in [3.63, 3.8) is 0 Å². The molecule has 4 rings (SSSR count). The van der Waals surface area contributed by atoms with Crippen molar-refractivity contribution in [1.82, 2.24) is 15.1 Å². The number of nitrogens with zero attached hydrogens (tertiary/aromatic N) is 3. The number of rotatable bonds is 3. The molecule has 2 bridgehead atoms. The summed E-state index contributed by atoms with van der Waals surface area (Å²) in [6.45, 7) is 5.89. The molecule has 0 saturated carbocycles. The van der Waals surface area contributed by atoms with Gasteiger partial charge in [0.05, 0.1) is 0 Å². The summed E-state index contributed by atoms with van der Waals surface area (Å²) in [6, 6.07) is 0.597. The van der Waals surface area contributed by atoms with Crippen molar-refractivity contribution >= 4 is 16.5 Å². The van der Waals surface area contributed by atoms with Crippen LogP contribution in [0.15, 0.2) is 0 Å². The van der Waals surface area contributed by atoms with Gasteiger partial charge in [0.2, 0.25) is 5.13 Å². The van der Waals surface area contributed by atoms with E-state index in [1.807, 2.05) is 0 Å². The maximum Gasteiger partial charge on any atom is 0.205 e. The molecule has 3 saturated heterocycles. The van der Waals surface area contributed by atoms with E-state index in [1.54, 1.807) is 11.3 Å². The van der Waals surface area contributed by atoms with Gasteiger partial charge in [-0.3, -0.25) is 0 Å². The molecule has 0 radical (unpaired) electrons. The minimum atomic E-state index is 0.597. The molecule has 3 aliphatic rings. The van der Waals surface area contributed by atoms with Crippen LogP contribution in [-0.4, -0.2) is 40.8 Å². The Bertz CT molecular complexity index is 357. The first kappa shape index (κ1) is 10.5. The van der Waals surface area contributed by atoms with Crippen LogP contribution in [0.5, 0.6) is 0 Å². The van der Waals surface area contributed by atoms with Gasteiger partial charge in [0.25, 0.3) is 0 Å². The minimum Gasteiger partial charge on any atom is -0.356 e. The van der Waals surface area contributed by atoms with Crippen molar-refractivity contribution in [3.8, 4) is 0 Å². The van der Waals surface area contributed by atoms with E-state index >= 15 is 0 Å². The molecular weight excluding hydrogens is 220 g/mol. The molecule has 1 aromatic heterocycles. The molecule has 1 aromatic rings. The molecular formula is C11H18N4S. The first-order chi connectivity index (χ1) is 7.85. The van der Waals surface area contributed by atoms with Crippen LogP contribution in [0.25, 0.3) is 0 Å². The number of nitrogens with one attached hydrogen (secondary N) is 1. The number of fused-ring (bicyclic) bond motifs is 3. The van der Waals surface area contributed by atoms with Crippen molar-refractivity contribution in [2.24, 2.45) is 5.92 Å². The maximum absolute atomic E-state index is 4.20. The highest BCUT2D eigenvalue weighted by Crippen LogP contribution is 2.30. The van der Waals surface area contributed by atoms with Crippen LogP contribution < -0.4 is 5.32 Å². The summed E-state index contributed by atoms with van der Waals surface area (Å²) in [5.41, 5.74) is 0. The fourth-order valence-electron chi connectivity index (χ4n) is 2.74. The quantitative estimate of drug-likeness (QED) is 0.868. The maximum atomic E-state index is 4.20. The molecule has 0 aliphatic carbocycles. The predicted molar refractivity (Wildman–Crippen MR) is 65.9 cm³/mol. The third kappa shape index (κ3) is 1.94. The van der Waals surface area contributed by atoms with E-state index < -0.39 is 0 Å². The highest BCUT2D eigenvalue weighted by atomic mass is 32.1. The van der Waals surface area contributed by atoms with Crippen LogP contribution in [-0.2, 0) is 6.42 Å². The largest absolute Gasteiger partial charge is 0.356 e. The zero-order chi connectivity index (χ0) is 11.0. The van der Waals surface area contributed by atoms with Gasteiger partial charge in [0.15, 0.2) is 0 Å². The summed E-state index contributed by atoms with van der Waals surface area (Å²) in [4.78, 5) is 2.55. The van der Waals surface area contributed by atoms with Gasteiger partial charge in [0, 0.05) is 12.6 Å². The number of hydrogen-bond acceptors (Lipinski definition) is 5. The van der Waals surface area contributed by atoms with E-state index in [-0.39, 0.29) is 0 Å². The van der Waals surface area contributed by atoms with Gasteiger partial charge in [0.1, 0.15) is 5.01 Å². The molecule has 1 atom stereocenters. The Balaban J connectivity index is 1.66. The van der Waals surface area contributed by atoms with Crippen molar-refractivity contribution in [2.75, 3.05) is 25.0 Å². The summed E-state index contributed by atoms with van der Waals surface area (Å²) in [7, 11) is 0. The molecule has 5 heteroatoms. The van der Waals surface area contributed by atoms with Crippen molar-refractivity contribution in [3.05, 3.63) is 5.01 Å². The third-order valence-electron chi connectivity index (χ3n) is 3.73. The van der Waals surface area contributed by atoms with E-state index in [9.17, 15) is 0 Å². The van der Waals surface area contributed by atoms with Crippen LogP contribution in [0.2, 0.25) is 0 Å². The molecule has 1 unspecified atom stereocenters. The highest BCUT2D eigenvalue weighted by Gasteiger charge is 2.34. The van der Waals surface area contributed by atoms with Crippen LogP contribution in [0, 0.1) is 5.92 Å². The Morgan fingerprint density at radius 1 is 1.38 bits per heavy atom. The lowest BCUT2D eigenvalue weighted by molar-refractivity contribution is 0.0975. The van der Waals surface area contributed by atoms with Gasteiger partial charge in [-0.25, -0.2) is 0 Å². The summed E-state index contributed by atoms with van der Waals surface area (Å²) in [5.74, 6) is 0.846. The lowest BCUT2D eigenvalue weighted by Crippen LogP contribution is -2.53. The Morgan fingerprint density at radius 2 is 2.19 bits per heavy atom. The van der Waals surface area contributed by atoms with Crippen LogP contribution in [0.3, 0.4) is 0 Å². The van der Waals surface area contributed by atoms with Gasteiger partial charge in [-0.05, 0) is 38.3 Å². The monoisotopic (exact) mass is 238 g/mol. The van der Waals surface area contributed by atoms with Gasteiger partial charge >= 0.3 is 0 Å². The molecule has 0 amide bonds. The van der Waals surface area contributed by atoms with E-state index in [1.165, 1.54) is 32.5 Å². The molecule has 16 heavy (non-hydrogen) atoms. The normalized spacial score (nSPS) is 32.9. The Labute approximate surface area is 100 Å². The van der Waals surface area contributed by atoms with E-state index in [4.69, 9.17) is 0 Å². The second-order valence-electron chi connectivity index (χ2n) is 4.74. The predicted octanol–water partition coefficient (Wildman–Crippen LogP) is 1.61. The smallest absolute Gasteiger partial charge is 0.205 e. The molecule has 3 aliphatic heterocycles. The van der Waals surface area contributed by atoms with Gasteiger partial charge in [-0.15, -0.1) is 10.2 Å². The molecule has 1 N–H and O–H groups in total. The average Bonchev–Trinajstić information content (AvgIpc) is 2.78. The fraction of sp³-hybridized carbons (Fsp3) is 0.818. The van der Waals surface area contributed by atoms with Gasteiger partial charge in [-0.2, -0.15) is 0 Å². The minimum absolute atomic E-state index is 0.597. The Hall–Kier alpha value is -0.680. The lowest BCUT2D eigenvalue weighted by Gasteiger charge is -2.44. The number of hydrogen-bond donors (Lipinski definition) is 1. The summed E-state index contributed by atoms with van der Waals surface area (Å²) in [5, 5.41) is 14.1. The molecule has 3 fully saturated rings. The molecule has 88 valence electrons. The SMILES string of the molecule is CCc1nnc(NC2CN3CCC2CC3)s1. The lowest BCUT2D eigenvalue weighted by atomic mass is 9.84. The number of aromatic nitrogens is 2. The van der Waals surface area contributed by atoms with E-state index in [2.05, 4.69) is 27.3 Å². The van der Waals surface area contributed by atoms with Crippen LogP contribution >= 0.6 is 11.3 Å². The summed E-state index contributed by atoms with van der Waals surface area (Å²) < 4.78 is 0. The second-order valence-corrected chi connectivity index (χ2v) is 5.81. The summed E-state index contributed by atoms with van der Waals surface area (Å²) in [6.07, 6.45) is 3.67. The third-order valence-corrected chi connectivity index (χ3v) is 4.73. The fourth-order valence-corrected chi connectivity index (χ4v) is 3.48. The Kier molecular flexibility index (Phi) is 2.81. The van der Waals surface area contributed by atoms with Crippen molar-refractivity contribution in [2.45, 2.75) is 32.2 Å². The van der Waals surface area contributed by atoms with Crippen LogP contribution in [0.1, 0.15) is 24.8 Å². The zero-order valence-electron chi connectivity index (χ0n) is 9.65. The van der Waals surface area contributed by atoms with Crippen LogP contribution in [0.4, 0.5) is 5.13 Å². The number of anilines is 1. The van der Waals surface area contributed by atoms with Crippen molar-refractivity contribution in [1.29, 1.82) is 0 Å². The van der Waals surface area contributed by atoms with E-state index in [0.717, 1.165) is 22.5 Å². The Morgan fingerprint density at radius 3 is 2.75 bits per heavy atom. The number of piperidine rings is 3. The molecule has 4 heterocycles. The highest BCUT2D eigenvalue weighted by molar-refractivity contribution is 7.15. The topological polar surface area (TPSA) is 41.1 Å².